The van der Waals surface area contributed by atoms with E-state index in [9.17, 15) is 10.2 Å². The third kappa shape index (κ3) is 12.1. The minimum atomic E-state index is -2.62. The molecular weight excluding hydrogens is 686 g/mol. The van der Waals surface area contributed by atoms with Gasteiger partial charge in [-0.15, -0.1) is 0 Å². The Bertz CT molecular complexity index is 1120. The Hall–Kier alpha value is -0.400. The van der Waals surface area contributed by atoms with Crippen molar-refractivity contribution >= 4 is 17.2 Å². The Morgan fingerprint density at radius 3 is 1.24 bits per heavy atom. The first kappa shape index (κ1) is 47.6. The zero-order chi connectivity index (χ0) is 39.1. The van der Waals surface area contributed by atoms with Gasteiger partial charge in [-0.3, -0.25) is 0 Å². The summed E-state index contributed by atoms with van der Waals surface area (Å²) in [4.78, 5) is 43.4. The molecule has 2 saturated heterocycles. The summed E-state index contributed by atoms with van der Waals surface area (Å²) in [7, 11) is -5.24. The second-order valence-electron chi connectivity index (χ2n) is 17.0. The van der Waals surface area contributed by atoms with Crippen molar-refractivity contribution in [3.63, 3.8) is 0 Å². The summed E-state index contributed by atoms with van der Waals surface area (Å²) < 4.78 is 26.4. The summed E-state index contributed by atoms with van der Waals surface area (Å²) in [6.07, 6.45) is 1.50. The van der Waals surface area contributed by atoms with Crippen molar-refractivity contribution in [2.75, 3.05) is 33.0 Å². The van der Waals surface area contributed by atoms with E-state index in [-0.39, 0.29) is 35.6 Å². The lowest BCUT2D eigenvalue weighted by atomic mass is 9.65. The standard InChI is InChI=1S/C36H62O6.2H3O3P/c1-14-31(4,5)24-17-25(32(6,7)15-2)27(26(18-24)33(8,9)16-3)28-36(23-41-30(42-28)35(12,13)20-38)21-39-29(40-22-36)34(10,11)19-37;2*1-4(2)3/h17-18,28-30,37-38H,14-16,19-23H2,1-13H3;2*1-3H. The van der Waals surface area contributed by atoms with Crippen LogP contribution in [0.15, 0.2) is 12.1 Å². The first-order chi connectivity index (χ1) is 22.7. The molecule has 2 aliphatic heterocycles. The van der Waals surface area contributed by atoms with Crippen LogP contribution in [0.1, 0.15) is 138 Å². The van der Waals surface area contributed by atoms with Gasteiger partial charge in [0, 0.05) is 10.8 Å². The van der Waals surface area contributed by atoms with Gasteiger partial charge in [0.15, 0.2) is 12.6 Å². The van der Waals surface area contributed by atoms with Crippen LogP contribution in [0.3, 0.4) is 0 Å². The molecule has 294 valence electrons. The maximum absolute atomic E-state index is 10.3. The maximum atomic E-state index is 10.3. The predicted octanol–water partition coefficient (Wildman–Crippen LogP) is 5.94. The molecule has 2 heterocycles. The molecule has 0 aromatic heterocycles. The van der Waals surface area contributed by atoms with E-state index in [1.165, 1.54) is 22.3 Å². The van der Waals surface area contributed by atoms with Crippen molar-refractivity contribution in [1.29, 1.82) is 0 Å². The van der Waals surface area contributed by atoms with Crippen LogP contribution in [-0.2, 0) is 35.2 Å². The molecule has 0 amide bonds. The lowest BCUT2D eigenvalue weighted by molar-refractivity contribution is -0.362. The first-order valence-corrected chi connectivity index (χ1v) is 19.8. The number of ether oxygens (including phenoxy) is 4. The third-order valence-corrected chi connectivity index (χ3v) is 10.8. The Morgan fingerprint density at radius 2 is 0.920 bits per heavy atom. The number of aliphatic hydroxyl groups is 2. The number of rotatable bonds is 11. The van der Waals surface area contributed by atoms with Crippen LogP contribution < -0.4 is 0 Å². The monoisotopic (exact) mass is 754 g/mol. The van der Waals surface area contributed by atoms with Gasteiger partial charge < -0.3 is 58.5 Å². The van der Waals surface area contributed by atoms with Gasteiger partial charge in [-0.05, 0) is 57.8 Å². The summed E-state index contributed by atoms with van der Waals surface area (Å²) in [6.45, 7) is 29.8. The predicted molar refractivity (Wildman–Crippen MR) is 197 cm³/mol. The second kappa shape index (κ2) is 18.8. The average molecular weight is 755 g/mol. The molecule has 2 unspecified atom stereocenters. The van der Waals surface area contributed by atoms with Gasteiger partial charge in [0.1, 0.15) is 0 Å². The highest BCUT2D eigenvalue weighted by Gasteiger charge is 2.55. The van der Waals surface area contributed by atoms with Crippen LogP contribution in [-0.4, -0.2) is 85.2 Å². The molecule has 8 N–H and O–H groups in total. The number of aliphatic hydroxyl groups excluding tert-OH is 2. The lowest BCUT2D eigenvalue weighted by Crippen LogP contribution is -2.58. The molecule has 2 aliphatic rings. The summed E-state index contributed by atoms with van der Waals surface area (Å²) in [6, 6.07) is 4.89. The largest absolute Gasteiger partial charge is 0.396 e. The molecule has 1 aromatic carbocycles. The van der Waals surface area contributed by atoms with Crippen molar-refractivity contribution in [3.8, 4) is 0 Å². The fourth-order valence-electron chi connectivity index (χ4n) is 5.85. The molecule has 1 aromatic rings. The van der Waals surface area contributed by atoms with E-state index in [2.05, 4.69) is 74.4 Å². The minimum Gasteiger partial charge on any atom is -0.396 e. The molecule has 50 heavy (non-hydrogen) atoms. The number of hydrogen-bond donors (Lipinski definition) is 8. The van der Waals surface area contributed by atoms with Crippen molar-refractivity contribution < 1.29 is 58.5 Å². The Balaban J connectivity index is 0.00000141. The van der Waals surface area contributed by atoms with E-state index in [4.69, 9.17) is 48.3 Å². The zero-order valence-corrected chi connectivity index (χ0v) is 34.4. The van der Waals surface area contributed by atoms with Crippen molar-refractivity contribution in [2.45, 2.75) is 144 Å². The lowest BCUT2D eigenvalue weighted by Gasteiger charge is -2.54. The van der Waals surface area contributed by atoms with E-state index < -0.39 is 46.0 Å². The molecule has 0 bridgehead atoms. The van der Waals surface area contributed by atoms with Crippen LogP contribution in [0.5, 0.6) is 0 Å². The van der Waals surface area contributed by atoms with E-state index in [1.807, 2.05) is 27.7 Å². The van der Waals surface area contributed by atoms with Crippen molar-refractivity contribution in [3.05, 3.63) is 34.4 Å². The van der Waals surface area contributed by atoms with Crippen LogP contribution in [0, 0.1) is 16.2 Å². The average Bonchev–Trinajstić information content (AvgIpc) is 3.04. The first-order valence-electron chi connectivity index (χ1n) is 17.4. The highest BCUT2D eigenvalue weighted by molar-refractivity contribution is 7.38. The van der Waals surface area contributed by atoms with Gasteiger partial charge in [-0.2, -0.15) is 0 Å². The normalized spacial score (nSPS) is 23.8. The number of hydrogen-bond acceptors (Lipinski definition) is 12. The smallest absolute Gasteiger partial charge is 0.324 e. The van der Waals surface area contributed by atoms with Crippen molar-refractivity contribution in [2.24, 2.45) is 16.2 Å². The van der Waals surface area contributed by atoms with E-state index in [0.717, 1.165) is 19.3 Å². The van der Waals surface area contributed by atoms with Crippen LogP contribution >= 0.6 is 17.2 Å². The number of benzene rings is 1. The molecule has 0 saturated carbocycles. The van der Waals surface area contributed by atoms with E-state index in [0.29, 0.717) is 19.8 Å². The Kier molecular flexibility index (Phi) is 17.9. The minimum absolute atomic E-state index is 0.0193. The molecule has 2 atom stereocenters. The van der Waals surface area contributed by atoms with Gasteiger partial charge in [0.05, 0.1) is 44.6 Å². The maximum Gasteiger partial charge on any atom is 0.324 e. The van der Waals surface area contributed by atoms with Crippen LogP contribution in [0.4, 0.5) is 0 Å². The van der Waals surface area contributed by atoms with E-state index in [1.54, 1.807) is 0 Å². The molecule has 0 radical (unpaired) electrons. The summed E-state index contributed by atoms with van der Waals surface area (Å²) in [5.74, 6) is 0. The highest BCUT2D eigenvalue weighted by atomic mass is 31.2. The van der Waals surface area contributed by atoms with Gasteiger partial charge in [0.25, 0.3) is 0 Å². The Morgan fingerprint density at radius 1 is 0.600 bits per heavy atom. The highest BCUT2D eigenvalue weighted by Crippen LogP contribution is 2.54. The molecule has 12 nitrogen and oxygen atoms in total. The second-order valence-corrected chi connectivity index (χ2v) is 18.1. The molecule has 14 heteroatoms. The fraction of sp³-hybridized carbons (Fsp3) is 0.833. The molecule has 0 aliphatic carbocycles. The third-order valence-electron chi connectivity index (χ3n) is 10.8. The van der Waals surface area contributed by atoms with Crippen LogP contribution in [0.25, 0.3) is 0 Å². The molecular formula is C36H68O12P2. The molecule has 3 rings (SSSR count). The van der Waals surface area contributed by atoms with Crippen LogP contribution in [0.2, 0.25) is 0 Å². The van der Waals surface area contributed by atoms with Gasteiger partial charge >= 0.3 is 17.2 Å². The molecule has 1 spiro atoms. The van der Waals surface area contributed by atoms with Gasteiger partial charge in [0.2, 0.25) is 0 Å². The SMILES string of the molecule is CCC(C)(C)c1cc(C(C)(C)CC)c(C2OC(C(C)(C)CO)OCC23COC(C(C)(C)CO)OC3)c(C(C)(C)CC)c1.OP(O)O.OP(O)O. The Labute approximate surface area is 303 Å². The van der Waals surface area contributed by atoms with E-state index >= 15 is 0 Å². The van der Waals surface area contributed by atoms with Gasteiger partial charge in [-0.1, -0.05) is 102 Å². The zero-order valence-electron chi connectivity index (χ0n) is 32.6. The van der Waals surface area contributed by atoms with Gasteiger partial charge in [-0.25, -0.2) is 0 Å². The summed E-state index contributed by atoms with van der Waals surface area (Å²) >= 11 is 0. The fourth-order valence-corrected chi connectivity index (χ4v) is 5.85. The summed E-state index contributed by atoms with van der Waals surface area (Å²) in [5, 5.41) is 20.3. The quantitative estimate of drug-likeness (QED) is 0.124. The molecule has 2 fully saturated rings. The topological polar surface area (TPSA) is 199 Å². The van der Waals surface area contributed by atoms with Crippen molar-refractivity contribution in [1.82, 2.24) is 0 Å². The summed E-state index contributed by atoms with van der Waals surface area (Å²) in [5.41, 5.74) is 3.27.